The molecular weight excluding hydrogens is 313 g/mol. The van der Waals surface area contributed by atoms with Crippen molar-refractivity contribution in [2.24, 2.45) is 5.92 Å². The van der Waals surface area contributed by atoms with E-state index in [9.17, 15) is 5.11 Å². The van der Waals surface area contributed by atoms with Gasteiger partial charge < -0.3 is 10.4 Å². The first-order chi connectivity index (χ1) is 11.8. The monoisotopic (exact) mass is 337 g/mol. The van der Waals surface area contributed by atoms with Crippen LogP contribution < -0.4 is 15.9 Å². The van der Waals surface area contributed by atoms with Crippen molar-refractivity contribution in [3.05, 3.63) is 77.9 Å². The van der Waals surface area contributed by atoms with Gasteiger partial charge in [0.1, 0.15) is 5.75 Å². The molecule has 1 aliphatic carbocycles. The summed E-state index contributed by atoms with van der Waals surface area (Å²) < 4.78 is 0. The highest BCUT2D eigenvalue weighted by atomic mass is 31.1. The molecule has 0 saturated carbocycles. The average molecular weight is 337 g/mol. The van der Waals surface area contributed by atoms with Gasteiger partial charge in [0.05, 0.1) is 0 Å². The van der Waals surface area contributed by atoms with Crippen LogP contribution >= 0.6 is 8.58 Å². The van der Waals surface area contributed by atoms with Crippen LogP contribution in [0.15, 0.2) is 66.8 Å². The van der Waals surface area contributed by atoms with Crippen molar-refractivity contribution in [1.29, 1.82) is 0 Å². The van der Waals surface area contributed by atoms with Gasteiger partial charge in [0.2, 0.25) is 0 Å². The van der Waals surface area contributed by atoms with E-state index in [0.717, 1.165) is 30.3 Å². The van der Waals surface area contributed by atoms with Crippen molar-refractivity contribution in [3.63, 3.8) is 0 Å². The molecule has 2 atom stereocenters. The van der Waals surface area contributed by atoms with E-state index < -0.39 is 0 Å². The Hall–Kier alpha value is -1.89. The largest absolute Gasteiger partial charge is 0.507 e. The standard InChI is InChI=1S/C21H24NOP/c1-22-15-18-10-5-6-12-19(18)24-20-13-7-11-17(21(20)23)14-16-8-3-2-4-9-16/h2-8,10-13,16,22-24H,9,14-15H2,1H3. The summed E-state index contributed by atoms with van der Waals surface area (Å²) in [4.78, 5) is 0. The predicted octanol–water partition coefficient (Wildman–Crippen LogP) is 3.42. The minimum absolute atomic E-state index is 0.470. The molecule has 0 spiro atoms. The summed E-state index contributed by atoms with van der Waals surface area (Å²) in [6.07, 6.45) is 10.6. The number of nitrogens with one attached hydrogen (secondary N) is 1. The Morgan fingerprint density at radius 2 is 1.83 bits per heavy atom. The Morgan fingerprint density at radius 1 is 1.04 bits per heavy atom. The highest BCUT2D eigenvalue weighted by Crippen LogP contribution is 2.27. The highest BCUT2D eigenvalue weighted by molar-refractivity contribution is 7.55. The molecule has 0 aliphatic heterocycles. The van der Waals surface area contributed by atoms with E-state index >= 15 is 0 Å². The molecule has 1 aliphatic rings. The van der Waals surface area contributed by atoms with E-state index in [1.807, 2.05) is 13.1 Å². The molecular formula is C21H24NOP. The lowest BCUT2D eigenvalue weighted by Crippen LogP contribution is -2.15. The van der Waals surface area contributed by atoms with E-state index in [1.54, 1.807) is 0 Å². The Morgan fingerprint density at radius 3 is 2.62 bits per heavy atom. The molecule has 0 bridgehead atoms. The number of rotatable bonds is 6. The second kappa shape index (κ2) is 8.28. The van der Waals surface area contributed by atoms with Crippen LogP contribution in [0.4, 0.5) is 0 Å². The summed E-state index contributed by atoms with van der Waals surface area (Å²) in [6.45, 7) is 0.850. The second-order valence-electron chi connectivity index (χ2n) is 6.14. The van der Waals surface area contributed by atoms with Gasteiger partial charge in [0.25, 0.3) is 0 Å². The SMILES string of the molecule is CNCc1ccccc1Pc1cccc(CC2C=CC=CC2)c1O. The zero-order chi connectivity index (χ0) is 16.8. The molecule has 3 rings (SSSR count). The van der Waals surface area contributed by atoms with Gasteiger partial charge in [-0.3, -0.25) is 0 Å². The number of para-hydroxylation sites is 1. The van der Waals surface area contributed by atoms with Crippen LogP contribution in [0.25, 0.3) is 0 Å². The predicted molar refractivity (Wildman–Crippen MR) is 105 cm³/mol. The first-order valence-electron chi connectivity index (χ1n) is 8.41. The Balaban J connectivity index is 1.80. The van der Waals surface area contributed by atoms with Gasteiger partial charge in [-0.25, -0.2) is 0 Å². The maximum atomic E-state index is 10.8. The van der Waals surface area contributed by atoms with Crippen molar-refractivity contribution < 1.29 is 5.11 Å². The van der Waals surface area contributed by atoms with E-state index in [0.29, 0.717) is 20.2 Å². The van der Waals surface area contributed by atoms with Crippen LogP contribution in [-0.4, -0.2) is 12.2 Å². The van der Waals surface area contributed by atoms with Crippen molar-refractivity contribution in [2.75, 3.05) is 7.05 Å². The van der Waals surface area contributed by atoms with Gasteiger partial charge in [0, 0.05) is 11.8 Å². The number of benzene rings is 2. The fourth-order valence-corrected chi connectivity index (χ4v) is 4.32. The van der Waals surface area contributed by atoms with E-state index in [4.69, 9.17) is 0 Å². The maximum Gasteiger partial charge on any atom is 0.126 e. The summed E-state index contributed by atoms with van der Waals surface area (Å²) in [5.74, 6) is 0.953. The fraction of sp³-hybridized carbons (Fsp3) is 0.238. The second-order valence-corrected chi connectivity index (χ2v) is 7.47. The molecule has 2 nitrogen and oxygen atoms in total. The van der Waals surface area contributed by atoms with E-state index in [2.05, 4.69) is 66.0 Å². The van der Waals surface area contributed by atoms with Gasteiger partial charge in [-0.2, -0.15) is 0 Å². The van der Waals surface area contributed by atoms with Crippen LogP contribution in [0.3, 0.4) is 0 Å². The first kappa shape index (κ1) is 17.0. The van der Waals surface area contributed by atoms with Crippen molar-refractivity contribution in [3.8, 4) is 5.75 Å². The van der Waals surface area contributed by atoms with Gasteiger partial charge >= 0.3 is 0 Å². The minimum Gasteiger partial charge on any atom is -0.507 e. The molecule has 24 heavy (non-hydrogen) atoms. The molecule has 0 heterocycles. The van der Waals surface area contributed by atoms with Gasteiger partial charge in [0.15, 0.2) is 0 Å². The number of allylic oxidation sites excluding steroid dienone is 4. The smallest absolute Gasteiger partial charge is 0.126 e. The Bertz CT molecular complexity index is 751. The third-order valence-corrected chi connectivity index (χ3v) is 5.75. The molecule has 0 radical (unpaired) electrons. The molecule has 2 aromatic rings. The summed E-state index contributed by atoms with van der Waals surface area (Å²) in [7, 11) is 2.43. The Kier molecular flexibility index (Phi) is 5.85. The number of hydrogen-bond donors (Lipinski definition) is 2. The zero-order valence-corrected chi connectivity index (χ0v) is 15.0. The zero-order valence-electron chi connectivity index (χ0n) is 14.0. The lowest BCUT2D eigenvalue weighted by Gasteiger charge is -2.16. The lowest BCUT2D eigenvalue weighted by molar-refractivity contribution is 0.467. The number of phenols is 1. The summed E-state index contributed by atoms with van der Waals surface area (Å²) in [6, 6.07) is 14.6. The molecule has 0 aromatic heterocycles. The summed E-state index contributed by atoms with van der Waals surface area (Å²) in [5, 5.41) is 16.3. The molecule has 0 fully saturated rings. The quantitative estimate of drug-likeness (QED) is 0.792. The van der Waals surface area contributed by atoms with Crippen molar-refractivity contribution in [1.82, 2.24) is 5.32 Å². The van der Waals surface area contributed by atoms with Gasteiger partial charge in [-0.1, -0.05) is 75.3 Å². The number of hydrogen-bond acceptors (Lipinski definition) is 2. The van der Waals surface area contributed by atoms with Crippen LogP contribution in [-0.2, 0) is 13.0 Å². The molecule has 0 saturated heterocycles. The van der Waals surface area contributed by atoms with Gasteiger partial charge in [-0.05, 0) is 42.2 Å². The normalized spacial score (nSPS) is 17.0. The topological polar surface area (TPSA) is 32.3 Å². The third kappa shape index (κ3) is 4.14. The molecule has 124 valence electrons. The van der Waals surface area contributed by atoms with Crippen LogP contribution in [0.2, 0.25) is 0 Å². The summed E-state index contributed by atoms with van der Waals surface area (Å²) in [5.41, 5.74) is 2.35. The molecule has 2 unspecified atom stereocenters. The average Bonchev–Trinajstić information content (AvgIpc) is 2.61. The van der Waals surface area contributed by atoms with Crippen molar-refractivity contribution in [2.45, 2.75) is 19.4 Å². The summed E-state index contributed by atoms with van der Waals surface area (Å²) >= 11 is 0. The lowest BCUT2D eigenvalue weighted by atomic mass is 9.93. The fourth-order valence-electron chi connectivity index (χ4n) is 3.05. The molecule has 2 aromatic carbocycles. The third-order valence-electron chi connectivity index (χ3n) is 4.32. The highest BCUT2D eigenvalue weighted by Gasteiger charge is 2.13. The van der Waals surface area contributed by atoms with Gasteiger partial charge in [-0.15, -0.1) is 0 Å². The van der Waals surface area contributed by atoms with E-state index in [-0.39, 0.29) is 0 Å². The molecule has 0 amide bonds. The number of aromatic hydroxyl groups is 1. The molecule has 2 N–H and O–H groups in total. The minimum atomic E-state index is 0.470. The first-order valence-corrected chi connectivity index (χ1v) is 9.41. The maximum absolute atomic E-state index is 10.8. The van der Waals surface area contributed by atoms with Crippen LogP contribution in [0.5, 0.6) is 5.75 Å². The van der Waals surface area contributed by atoms with Crippen LogP contribution in [0, 0.1) is 5.92 Å². The van der Waals surface area contributed by atoms with E-state index in [1.165, 1.54) is 10.9 Å². The van der Waals surface area contributed by atoms with Crippen LogP contribution in [0.1, 0.15) is 17.5 Å². The van der Waals surface area contributed by atoms with Crippen molar-refractivity contribution >= 4 is 19.2 Å². The number of phenolic OH excluding ortho intramolecular Hbond substituents is 1. The Labute approximate surface area is 146 Å². The molecule has 3 heteroatoms.